The van der Waals surface area contributed by atoms with Crippen LogP contribution < -0.4 is 40.2 Å². The minimum atomic E-state index is -4.81. The second kappa shape index (κ2) is 11.5. The Morgan fingerprint density at radius 3 is 1.33 bits per heavy atom. The summed E-state index contributed by atoms with van der Waals surface area (Å²) in [6.07, 6.45) is 0. The van der Waals surface area contributed by atoms with E-state index in [1.165, 1.54) is 0 Å². The van der Waals surface area contributed by atoms with E-state index in [0.29, 0.717) is 11.4 Å². The van der Waals surface area contributed by atoms with Crippen molar-refractivity contribution in [2.75, 3.05) is 23.7 Å². The molecule has 0 heterocycles. The molecule has 0 bridgehead atoms. The van der Waals surface area contributed by atoms with Crippen LogP contribution in [0.2, 0.25) is 0 Å². The number of hydrogen-bond donors (Lipinski definition) is 5. The molecule has 33 heavy (non-hydrogen) atoms. The molecule has 5 N–H and O–H groups in total. The SMILES string of the molecule is Cc1cc(-c2cc(C)c(NCC(O)S(=O)(=O)O)c(C)c2)cc(C)c1NCC(O)S(=O)(=O)[O-].[Na+]. The Balaban J connectivity index is 0.00000544. The maximum Gasteiger partial charge on any atom is 1.00 e. The topological polar surface area (TPSA) is 176 Å². The van der Waals surface area contributed by atoms with E-state index in [2.05, 4.69) is 10.6 Å². The number of aliphatic hydroxyl groups excluding tert-OH is 2. The average molecular weight is 511 g/mol. The molecule has 2 aromatic carbocycles. The molecule has 0 saturated carbocycles. The van der Waals surface area contributed by atoms with Gasteiger partial charge in [0.05, 0.1) is 13.1 Å². The summed E-state index contributed by atoms with van der Waals surface area (Å²) >= 11 is 0. The first-order valence-corrected chi connectivity index (χ1v) is 12.6. The van der Waals surface area contributed by atoms with Gasteiger partial charge in [-0.3, -0.25) is 4.55 Å². The summed E-state index contributed by atoms with van der Waals surface area (Å²) in [5.41, 5.74) is 2.16. The number of benzene rings is 2. The molecular weight excluding hydrogens is 483 g/mol. The molecule has 0 fully saturated rings. The summed E-state index contributed by atoms with van der Waals surface area (Å²) in [7, 11) is -9.37. The number of hydrogen-bond acceptors (Lipinski definition) is 9. The van der Waals surface area contributed by atoms with E-state index in [1.807, 2.05) is 52.0 Å². The van der Waals surface area contributed by atoms with Crippen LogP contribution in [0.3, 0.4) is 0 Å². The van der Waals surface area contributed by atoms with Gasteiger partial charge in [-0.1, -0.05) is 0 Å². The van der Waals surface area contributed by atoms with Crippen molar-refractivity contribution in [2.24, 2.45) is 0 Å². The first kappa shape index (κ1) is 29.8. The zero-order valence-corrected chi connectivity index (χ0v) is 22.7. The Hall–Kier alpha value is -1.22. The Bertz CT molecular complexity index is 1080. The first-order chi connectivity index (χ1) is 14.6. The zero-order chi connectivity index (χ0) is 24.4. The average Bonchev–Trinajstić information content (AvgIpc) is 2.64. The number of nitrogens with one attached hydrogen (secondary N) is 2. The van der Waals surface area contributed by atoms with Crippen molar-refractivity contribution in [3.8, 4) is 11.1 Å². The van der Waals surface area contributed by atoms with Crippen LogP contribution in [0, 0.1) is 27.7 Å². The van der Waals surface area contributed by atoms with E-state index >= 15 is 0 Å². The Morgan fingerprint density at radius 1 is 0.758 bits per heavy atom. The molecule has 178 valence electrons. The molecule has 0 saturated heterocycles. The quantitative estimate of drug-likeness (QED) is 0.197. The van der Waals surface area contributed by atoms with Crippen molar-refractivity contribution in [3.05, 3.63) is 46.5 Å². The van der Waals surface area contributed by atoms with Crippen molar-refractivity contribution < 1.29 is 65.7 Å². The van der Waals surface area contributed by atoms with Gasteiger partial charge < -0.3 is 25.4 Å². The Labute approximate surface area is 216 Å². The molecule has 2 rings (SSSR count). The number of aryl methyl sites for hydroxylation is 4. The monoisotopic (exact) mass is 510 g/mol. The molecule has 0 aliphatic rings. The van der Waals surface area contributed by atoms with Gasteiger partial charge in [-0.15, -0.1) is 0 Å². The van der Waals surface area contributed by atoms with Gasteiger partial charge in [-0.2, -0.15) is 8.42 Å². The van der Waals surface area contributed by atoms with Gasteiger partial charge in [0.1, 0.15) is 10.1 Å². The fourth-order valence-electron chi connectivity index (χ4n) is 3.40. The third-order valence-electron chi connectivity index (χ3n) is 4.98. The minimum Gasteiger partial charge on any atom is -0.746 e. The fourth-order valence-corrected chi connectivity index (χ4v) is 3.99. The number of anilines is 2. The molecule has 2 atom stereocenters. The molecule has 0 aliphatic heterocycles. The second-order valence-electron chi connectivity index (χ2n) is 7.65. The molecule has 0 aromatic heterocycles. The third kappa shape index (κ3) is 7.91. The molecule has 10 nitrogen and oxygen atoms in total. The van der Waals surface area contributed by atoms with E-state index in [1.54, 1.807) is 0 Å². The zero-order valence-electron chi connectivity index (χ0n) is 19.1. The molecule has 2 aromatic rings. The summed E-state index contributed by atoms with van der Waals surface area (Å²) in [6.45, 7) is 6.45. The van der Waals surface area contributed by atoms with Crippen molar-refractivity contribution in [1.29, 1.82) is 0 Å². The van der Waals surface area contributed by atoms with Crippen LogP contribution in [0.15, 0.2) is 24.3 Å². The molecule has 0 spiro atoms. The standard InChI is InChI=1S/C20H28N2O8S2.Na/c1-11-5-15(6-12(2)19(11)21-9-17(23)31(25,26)27)16-7-13(3)20(14(4)8-16)22-10-18(24)32(28,29)30;/h5-8,17-18,21-24H,9-10H2,1-4H3,(H,25,26,27)(H,28,29,30);/q;+1/p-1. The van der Waals surface area contributed by atoms with Crippen molar-refractivity contribution >= 4 is 31.6 Å². The predicted octanol–water partition coefficient (Wildman–Crippen LogP) is -1.52. The van der Waals surface area contributed by atoms with E-state index in [4.69, 9.17) is 4.55 Å². The first-order valence-electron chi connectivity index (χ1n) is 9.59. The van der Waals surface area contributed by atoms with Crippen LogP contribution in [0.4, 0.5) is 11.4 Å². The van der Waals surface area contributed by atoms with E-state index in [9.17, 15) is 31.6 Å². The third-order valence-corrected chi connectivity index (χ3v) is 6.67. The normalized spacial score (nSPS) is 13.7. The van der Waals surface area contributed by atoms with E-state index in [-0.39, 0.29) is 36.1 Å². The number of rotatable bonds is 9. The van der Waals surface area contributed by atoms with Crippen LogP contribution >= 0.6 is 0 Å². The maximum absolute atomic E-state index is 11.0. The van der Waals surface area contributed by atoms with Crippen LogP contribution in [-0.4, -0.2) is 60.1 Å². The number of aliphatic hydroxyl groups is 2. The van der Waals surface area contributed by atoms with Gasteiger partial charge in [-0.05, 0) is 85.3 Å². The molecular formula is C20H27N2NaO8S2. The van der Waals surface area contributed by atoms with E-state index < -0.39 is 37.7 Å². The molecule has 13 heteroatoms. The Kier molecular flexibility index (Phi) is 10.4. The van der Waals surface area contributed by atoms with Crippen molar-refractivity contribution in [1.82, 2.24) is 0 Å². The van der Waals surface area contributed by atoms with Gasteiger partial charge in [0.2, 0.25) is 0 Å². The van der Waals surface area contributed by atoms with Crippen molar-refractivity contribution in [3.63, 3.8) is 0 Å². The second-order valence-corrected chi connectivity index (χ2v) is 10.8. The van der Waals surface area contributed by atoms with E-state index in [0.717, 1.165) is 33.4 Å². The van der Waals surface area contributed by atoms with Gasteiger partial charge in [-0.25, -0.2) is 8.42 Å². The van der Waals surface area contributed by atoms with Crippen molar-refractivity contribution in [2.45, 2.75) is 38.6 Å². The summed E-state index contributed by atoms with van der Waals surface area (Å²) in [6, 6.07) is 7.50. The maximum atomic E-state index is 11.0. The molecule has 0 amide bonds. The largest absolute Gasteiger partial charge is 1.00 e. The fraction of sp³-hybridized carbons (Fsp3) is 0.400. The summed E-state index contributed by atoms with van der Waals surface area (Å²) in [4.78, 5) is 0. The van der Waals surface area contributed by atoms with Crippen LogP contribution in [0.5, 0.6) is 0 Å². The molecule has 0 radical (unpaired) electrons. The van der Waals surface area contributed by atoms with Crippen LogP contribution in [-0.2, 0) is 20.2 Å². The van der Waals surface area contributed by atoms with Gasteiger partial charge in [0.25, 0.3) is 10.1 Å². The smallest absolute Gasteiger partial charge is 0.746 e. The van der Waals surface area contributed by atoms with Crippen LogP contribution in [0.25, 0.3) is 11.1 Å². The molecule has 2 unspecified atom stereocenters. The summed E-state index contributed by atoms with van der Waals surface area (Å²) in [5.74, 6) is 0. The van der Waals surface area contributed by atoms with Gasteiger partial charge >= 0.3 is 29.6 Å². The molecule has 0 aliphatic carbocycles. The Morgan fingerprint density at radius 2 is 1.06 bits per heavy atom. The van der Waals surface area contributed by atoms with Crippen LogP contribution in [0.1, 0.15) is 22.3 Å². The van der Waals surface area contributed by atoms with Gasteiger partial charge in [0, 0.05) is 11.4 Å². The minimum absolute atomic E-state index is 0. The predicted molar refractivity (Wildman–Crippen MR) is 121 cm³/mol. The summed E-state index contributed by atoms with van der Waals surface area (Å²) in [5, 5.41) is 24.6. The summed E-state index contributed by atoms with van der Waals surface area (Å²) < 4.78 is 63.5. The van der Waals surface area contributed by atoms with Gasteiger partial charge in [0.15, 0.2) is 10.9 Å².